The Hall–Kier alpha value is -3.58. The SMILES string of the molecule is C=CCN1CCC2(c3cccc(O)c3)CC(NC(=O)/C=C/c3cccc(O)c3)CCC2(OC(C)=O)C1. The molecule has 190 valence electrons. The normalized spacial score (nSPS) is 26.2. The van der Waals surface area contributed by atoms with Crippen molar-refractivity contribution in [2.24, 2.45) is 0 Å². The third-order valence-electron chi connectivity index (χ3n) is 7.47. The van der Waals surface area contributed by atoms with Crippen molar-refractivity contribution < 1.29 is 24.5 Å². The van der Waals surface area contributed by atoms with E-state index in [1.54, 1.807) is 36.4 Å². The van der Waals surface area contributed by atoms with Crippen LogP contribution in [-0.2, 0) is 19.7 Å². The fraction of sp³-hybridized carbons (Fsp3) is 0.379. The van der Waals surface area contributed by atoms with Crippen molar-refractivity contribution in [3.05, 3.63) is 78.4 Å². The van der Waals surface area contributed by atoms with Gasteiger partial charge in [-0.25, -0.2) is 0 Å². The molecule has 3 atom stereocenters. The number of ether oxygens (including phenoxy) is 1. The zero-order valence-electron chi connectivity index (χ0n) is 20.7. The number of nitrogens with one attached hydrogen (secondary N) is 1. The van der Waals surface area contributed by atoms with Gasteiger partial charge in [0, 0.05) is 37.5 Å². The van der Waals surface area contributed by atoms with E-state index in [-0.39, 0.29) is 29.4 Å². The number of nitrogens with zero attached hydrogens (tertiary/aromatic N) is 1. The standard InChI is InChI=1S/C29H34N2O5/c1-3-15-31-16-14-28(23-7-5-9-26(34)18-23)19-24(12-13-29(28,20-31)36-21(2)32)30-27(35)11-10-22-6-4-8-25(33)17-22/h3-11,17-18,24,33-34H,1,12-16,19-20H2,2H3,(H,30,35)/b11-10+. The molecular weight excluding hydrogens is 456 g/mol. The lowest BCUT2D eigenvalue weighted by Gasteiger charge is -2.59. The smallest absolute Gasteiger partial charge is 0.303 e. The second-order valence-electron chi connectivity index (χ2n) is 9.87. The number of carbonyl (C=O) groups is 2. The summed E-state index contributed by atoms with van der Waals surface area (Å²) in [4.78, 5) is 27.4. The van der Waals surface area contributed by atoms with Crippen molar-refractivity contribution in [2.75, 3.05) is 19.6 Å². The number of hydrogen-bond donors (Lipinski definition) is 3. The summed E-state index contributed by atoms with van der Waals surface area (Å²) in [5.41, 5.74) is 0.289. The molecule has 1 amide bonds. The summed E-state index contributed by atoms with van der Waals surface area (Å²) in [7, 11) is 0. The maximum atomic E-state index is 12.8. The summed E-state index contributed by atoms with van der Waals surface area (Å²) in [6.45, 7) is 7.34. The molecule has 4 rings (SSSR count). The largest absolute Gasteiger partial charge is 0.508 e. The van der Waals surface area contributed by atoms with E-state index in [0.717, 1.165) is 17.7 Å². The van der Waals surface area contributed by atoms with Gasteiger partial charge in [0.05, 0.1) is 0 Å². The van der Waals surface area contributed by atoms with Crippen molar-refractivity contribution in [3.8, 4) is 11.5 Å². The first-order chi connectivity index (χ1) is 17.2. The number of likely N-dealkylation sites (tertiary alicyclic amines) is 1. The molecule has 1 saturated heterocycles. The number of esters is 1. The van der Waals surface area contributed by atoms with Crippen LogP contribution in [0.5, 0.6) is 11.5 Å². The molecule has 1 heterocycles. The van der Waals surface area contributed by atoms with Crippen LogP contribution in [0.4, 0.5) is 0 Å². The predicted octanol–water partition coefficient (Wildman–Crippen LogP) is 3.91. The van der Waals surface area contributed by atoms with Gasteiger partial charge in [-0.1, -0.05) is 30.3 Å². The highest BCUT2D eigenvalue weighted by atomic mass is 16.6. The first-order valence-electron chi connectivity index (χ1n) is 12.4. The summed E-state index contributed by atoms with van der Waals surface area (Å²) in [5, 5.41) is 23.1. The summed E-state index contributed by atoms with van der Waals surface area (Å²) >= 11 is 0. The van der Waals surface area contributed by atoms with Crippen LogP contribution < -0.4 is 5.32 Å². The Bertz CT molecular complexity index is 1160. The number of piperidine rings is 1. The second kappa shape index (κ2) is 10.6. The molecule has 2 aromatic carbocycles. The van der Waals surface area contributed by atoms with Crippen LogP contribution in [0.2, 0.25) is 0 Å². The topological polar surface area (TPSA) is 99.1 Å². The number of fused-ring (bicyclic) bond motifs is 1. The average molecular weight is 491 g/mol. The monoisotopic (exact) mass is 490 g/mol. The fourth-order valence-corrected chi connectivity index (χ4v) is 6.00. The first kappa shape index (κ1) is 25.5. The summed E-state index contributed by atoms with van der Waals surface area (Å²) in [6, 6.07) is 13.8. The van der Waals surface area contributed by atoms with E-state index >= 15 is 0 Å². The van der Waals surface area contributed by atoms with Crippen LogP contribution in [0, 0.1) is 0 Å². The zero-order chi connectivity index (χ0) is 25.8. The Labute approximate surface area is 212 Å². The Morgan fingerprint density at radius 1 is 1.17 bits per heavy atom. The Kier molecular flexibility index (Phi) is 7.50. The molecule has 7 heteroatoms. The predicted molar refractivity (Wildman–Crippen MR) is 138 cm³/mol. The van der Waals surface area contributed by atoms with Crippen LogP contribution in [0.25, 0.3) is 6.08 Å². The molecule has 0 spiro atoms. The third-order valence-corrected chi connectivity index (χ3v) is 7.47. The summed E-state index contributed by atoms with van der Waals surface area (Å²) in [6.07, 6.45) is 7.52. The van der Waals surface area contributed by atoms with Crippen LogP contribution >= 0.6 is 0 Å². The van der Waals surface area contributed by atoms with Gasteiger partial charge < -0.3 is 20.3 Å². The van der Waals surface area contributed by atoms with E-state index in [0.29, 0.717) is 38.8 Å². The maximum absolute atomic E-state index is 12.8. The van der Waals surface area contributed by atoms with Crippen molar-refractivity contribution in [2.45, 2.75) is 49.7 Å². The maximum Gasteiger partial charge on any atom is 0.303 e. The van der Waals surface area contributed by atoms with E-state index in [4.69, 9.17) is 4.74 Å². The minimum absolute atomic E-state index is 0.136. The van der Waals surface area contributed by atoms with Gasteiger partial charge in [0.2, 0.25) is 5.91 Å². The zero-order valence-corrected chi connectivity index (χ0v) is 20.7. The van der Waals surface area contributed by atoms with Crippen molar-refractivity contribution >= 4 is 18.0 Å². The summed E-state index contributed by atoms with van der Waals surface area (Å²) < 4.78 is 6.18. The number of phenols is 2. The van der Waals surface area contributed by atoms with Crippen molar-refractivity contribution in [1.29, 1.82) is 0 Å². The highest BCUT2D eigenvalue weighted by Crippen LogP contribution is 2.54. The average Bonchev–Trinajstić information content (AvgIpc) is 2.83. The lowest BCUT2D eigenvalue weighted by Crippen LogP contribution is -2.68. The molecule has 0 aromatic heterocycles. The van der Waals surface area contributed by atoms with Gasteiger partial charge >= 0.3 is 5.97 Å². The molecule has 3 N–H and O–H groups in total. The number of phenolic OH excluding ortho intramolecular Hbond substituents is 2. The third kappa shape index (κ3) is 5.31. The molecule has 2 aliphatic rings. The number of hydrogen-bond acceptors (Lipinski definition) is 6. The Balaban J connectivity index is 1.63. The quantitative estimate of drug-likeness (QED) is 0.309. The minimum Gasteiger partial charge on any atom is -0.508 e. The van der Waals surface area contributed by atoms with E-state index in [2.05, 4.69) is 16.8 Å². The van der Waals surface area contributed by atoms with Gasteiger partial charge in [0.25, 0.3) is 0 Å². The lowest BCUT2D eigenvalue weighted by molar-refractivity contribution is -0.186. The van der Waals surface area contributed by atoms with Crippen LogP contribution in [0.1, 0.15) is 43.7 Å². The van der Waals surface area contributed by atoms with E-state index in [9.17, 15) is 19.8 Å². The highest BCUT2D eigenvalue weighted by Gasteiger charge is 2.60. The van der Waals surface area contributed by atoms with Gasteiger partial charge in [-0.3, -0.25) is 14.5 Å². The van der Waals surface area contributed by atoms with Crippen molar-refractivity contribution in [3.63, 3.8) is 0 Å². The highest BCUT2D eigenvalue weighted by molar-refractivity contribution is 5.92. The molecule has 1 aliphatic heterocycles. The molecule has 2 aromatic rings. The first-order valence-corrected chi connectivity index (χ1v) is 12.4. The van der Waals surface area contributed by atoms with Gasteiger partial charge in [-0.05, 0) is 73.7 Å². The minimum atomic E-state index is -0.785. The van der Waals surface area contributed by atoms with E-state index in [1.807, 2.05) is 24.3 Å². The molecule has 36 heavy (non-hydrogen) atoms. The molecule has 1 aliphatic carbocycles. The molecular formula is C29H34N2O5. The Morgan fingerprint density at radius 3 is 2.61 bits per heavy atom. The lowest BCUT2D eigenvalue weighted by atomic mass is 9.55. The molecule has 1 saturated carbocycles. The molecule has 7 nitrogen and oxygen atoms in total. The van der Waals surface area contributed by atoms with Crippen LogP contribution in [0.15, 0.2) is 67.3 Å². The fourth-order valence-electron chi connectivity index (χ4n) is 6.00. The second-order valence-corrected chi connectivity index (χ2v) is 9.87. The van der Waals surface area contributed by atoms with E-state index in [1.165, 1.54) is 13.0 Å². The van der Waals surface area contributed by atoms with Crippen LogP contribution in [0.3, 0.4) is 0 Å². The number of benzene rings is 2. The molecule has 2 fully saturated rings. The Morgan fingerprint density at radius 2 is 1.92 bits per heavy atom. The number of amides is 1. The van der Waals surface area contributed by atoms with Gasteiger partial charge in [-0.2, -0.15) is 0 Å². The van der Waals surface area contributed by atoms with Gasteiger partial charge in [0.15, 0.2) is 0 Å². The number of carbonyl (C=O) groups excluding carboxylic acids is 2. The number of rotatable bonds is 7. The number of aromatic hydroxyl groups is 2. The molecule has 0 bridgehead atoms. The van der Waals surface area contributed by atoms with Gasteiger partial charge in [-0.15, -0.1) is 6.58 Å². The van der Waals surface area contributed by atoms with Gasteiger partial charge in [0.1, 0.15) is 17.1 Å². The molecule has 3 unspecified atom stereocenters. The molecule has 0 radical (unpaired) electrons. The van der Waals surface area contributed by atoms with Crippen LogP contribution in [-0.4, -0.2) is 58.3 Å². The summed E-state index contributed by atoms with van der Waals surface area (Å²) in [5.74, 6) is -0.259. The van der Waals surface area contributed by atoms with Crippen molar-refractivity contribution in [1.82, 2.24) is 10.2 Å². The van der Waals surface area contributed by atoms with E-state index < -0.39 is 11.0 Å².